The van der Waals surface area contributed by atoms with E-state index in [2.05, 4.69) is 19.9 Å². The Morgan fingerprint density at radius 2 is 1.32 bits per heavy atom. The van der Waals surface area contributed by atoms with Gasteiger partial charge in [0.25, 0.3) is 0 Å². The Balaban J connectivity index is 1.70. The fourth-order valence-corrected chi connectivity index (χ4v) is 2.97. The first-order chi connectivity index (χ1) is 13.5. The molecule has 2 aliphatic heterocycles. The fraction of sp³-hybridized carbons (Fsp3) is 0.529. The Bertz CT molecular complexity index is 769. The molecule has 2 aromatic heterocycles. The highest BCUT2D eigenvalue weighted by Crippen LogP contribution is 2.29. The highest BCUT2D eigenvalue weighted by atomic mass is 19.4. The quantitative estimate of drug-likeness (QED) is 0.775. The second kappa shape index (κ2) is 7.84. The predicted octanol–water partition coefficient (Wildman–Crippen LogP) is 1.63. The minimum Gasteiger partial charge on any atom is -0.378 e. The van der Waals surface area contributed by atoms with Gasteiger partial charge in [-0.05, 0) is 12.1 Å². The lowest BCUT2D eigenvalue weighted by Gasteiger charge is -2.30. The maximum Gasteiger partial charge on any atom is 0.417 e. The largest absolute Gasteiger partial charge is 0.417 e. The second-order valence-electron chi connectivity index (χ2n) is 6.39. The summed E-state index contributed by atoms with van der Waals surface area (Å²) in [5, 5.41) is 0. The number of hydrogen-bond acceptors (Lipinski definition) is 8. The topological polar surface area (TPSA) is 76.5 Å². The summed E-state index contributed by atoms with van der Waals surface area (Å²) in [6.07, 6.45) is -3.65. The third-order valence-electron chi connectivity index (χ3n) is 4.52. The molecule has 0 aromatic carbocycles. The molecule has 2 saturated heterocycles. The summed E-state index contributed by atoms with van der Waals surface area (Å²) in [4.78, 5) is 21.4. The number of nitrogens with zero attached hydrogens (tertiary/aromatic N) is 6. The van der Waals surface area contributed by atoms with Crippen LogP contribution in [0.3, 0.4) is 0 Å². The summed E-state index contributed by atoms with van der Waals surface area (Å²) in [7, 11) is 0. The SMILES string of the molecule is FC(F)(F)c1ccc(-c2nc(N3CCOCC3)nc(N3CCOCC3)n2)nc1. The van der Waals surface area contributed by atoms with E-state index in [4.69, 9.17) is 9.47 Å². The summed E-state index contributed by atoms with van der Waals surface area (Å²) in [5.41, 5.74) is -0.550. The molecule has 0 atom stereocenters. The Hall–Kier alpha value is -2.53. The number of halogens is 3. The van der Waals surface area contributed by atoms with Gasteiger partial charge in [0.05, 0.1) is 32.0 Å². The van der Waals surface area contributed by atoms with Gasteiger partial charge in [-0.2, -0.15) is 28.1 Å². The van der Waals surface area contributed by atoms with E-state index in [0.29, 0.717) is 64.5 Å². The molecule has 0 unspecified atom stereocenters. The van der Waals surface area contributed by atoms with Crippen LogP contribution in [0.25, 0.3) is 11.5 Å². The van der Waals surface area contributed by atoms with E-state index in [-0.39, 0.29) is 11.5 Å². The van der Waals surface area contributed by atoms with Gasteiger partial charge < -0.3 is 19.3 Å². The highest BCUT2D eigenvalue weighted by molar-refractivity contribution is 5.55. The number of anilines is 2. The molecule has 0 spiro atoms. The van der Waals surface area contributed by atoms with Gasteiger partial charge >= 0.3 is 6.18 Å². The number of morpholine rings is 2. The molecule has 0 saturated carbocycles. The first-order valence-corrected chi connectivity index (χ1v) is 8.96. The Labute approximate surface area is 159 Å². The van der Waals surface area contributed by atoms with Crippen molar-refractivity contribution in [1.82, 2.24) is 19.9 Å². The molecule has 11 heteroatoms. The van der Waals surface area contributed by atoms with E-state index >= 15 is 0 Å². The van der Waals surface area contributed by atoms with Gasteiger partial charge in [0.2, 0.25) is 11.9 Å². The molecule has 0 N–H and O–H groups in total. The average molecular weight is 396 g/mol. The van der Waals surface area contributed by atoms with Crippen LogP contribution >= 0.6 is 0 Å². The standard InChI is InChI=1S/C17H19F3N6O2/c18-17(19,20)12-1-2-13(21-11-12)14-22-15(25-3-7-27-8-4-25)24-16(23-14)26-5-9-28-10-6-26/h1-2,11H,3-10H2. The minimum atomic E-state index is -4.44. The third kappa shape index (κ3) is 4.14. The van der Waals surface area contributed by atoms with E-state index in [0.717, 1.165) is 12.3 Å². The van der Waals surface area contributed by atoms with E-state index in [1.165, 1.54) is 6.07 Å². The molecular formula is C17H19F3N6O2. The van der Waals surface area contributed by atoms with Gasteiger partial charge in [-0.3, -0.25) is 4.98 Å². The molecule has 8 nitrogen and oxygen atoms in total. The van der Waals surface area contributed by atoms with Gasteiger partial charge in [0, 0.05) is 32.4 Å². The smallest absolute Gasteiger partial charge is 0.378 e. The van der Waals surface area contributed by atoms with E-state index in [9.17, 15) is 13.2 Å². The van der Waals surface area contributed by atoms with Gasteiger partial charge in [0.15, 0.2) is 5.82 Å². The van der Waals surface area contributed by atoms with Crippen LogP contribution in [0.2, 0.25) is 0 Å². The van der Waals surface area contributed by atoms with Crippen LogP contribution in [-0.2, 0) is 15.7 Å². The maximum absolute atomic E-state index is 12.8. The predicted molar refractivity (Wildman–Crippen MR) is 94.1 cm³/mol. The lowest BCUT2D eigenvalue weighted by atomic mass is 10.2. The van der Waals surface area contributed by atoms with Crippen LogP contribution in [-0.4, -0.2) is 72.5 Å². The first kappa shape index (κ1) is 18.8. The molecule has 0 radical (unpaired) electrons. The summed E-state index contributed by atoms with van der Waals surface area (Å²) in [6.45, 7) is 4.77. The van der Waals surface area contributed by atoms with Crippen molar-refractivity contribution in [3.63, 3.8) is 0 Å². The van der Waals surface area contributed by atoms with Gasteiger partial charge in [-0.15, -0.1) is 0 Å². The number of hydrogen-bond donors (Lipinski definition) is 0. The summed E-state index contributed by atoms with van der Waals surface area (Å²) < 4.78 is 49.2. The van der Waals surface area contributed by atoms with Gasteiger partial charge in [-0.25, -0.2) is 0 Å². The minimum absolute atomic E-state index is 0.242. The maximum atomic E-state index is 12.8. The van der Waals surface area contributed by atoms with Crippen molar-refractivity contribution in [2.24, 2.45) is 0 Å². The van der Waals surface area contributed by atoms with Crippen LogP contribution in [0.5, 0.6) is 0 Å². The Morgan fingerprint density at radius 1 is 0.786 bits per heavy atom. The normalized spacial score (nSPS) is 18.4. The Morgan fingerprint density at radius 3 is 1.75 bits per heavy atom. The van der Waals surface area contributed by atoms with E-state index in [1.54, 1.807) is 0 Å². The molecule has 4 heterocycles. The molecule has 2 fully saturated rings. The molecule has 28 heavy (non-hydrogen) atoms. The van der Waals surface area contributed by atoms with Crippen molar-refractivity contribution < 1.29 is 22.6 Å². The van der Waals surface area contributed by atoms with Crippen molar-refractivity contribution in [3.05, 3.63) is 23.9 Å². The first-order valence-electron chi connectivity index (χ1n) is 8.96. The average Bonchev–Trinajstić information content (AvgIpc) is 2.74. The van der Waals surface area contributed by atoms with Gasteiger partial charge in [0.1, 0.15) is 5.69 Å². The van der Waals surface area contributed by atoms with Crippen LogP contribution in [0.15, 0.2) is 18.3 Å². The van der Waals surface area contributed by atoms with Crippen molar-refractivity contribution in [2.45, 2.75) is 6.18 Å². The Kier molecular flexibility index (Phi) is 5.27. The lowest BCUT2D eigenvalue weighted by molar-refractivity contribution is -0.137. The summed E-state index contributed by atoms with van der Waals surface area (Å²) in [6, 6.07) is 2.26. The zero-order valence-corrected chi connectivity index (χ0v) is 15.0. The van der Waals surface area contributed by atoms with Crippen LogP contribution < -0.4 is 9.80 Å². The van der Waals surface area contributed by atoms with Crippen molar-refractivity contribution in [3.8, 4) is 11.5 Å². The number of ether oxygens (including phenoxy) is 2. The third-order valence-corrected chi connectivity index (χ3v) is 4.52. The molecule has 0 aliphatic carbocycles. The van der Waals surface area contributed by atoms with Crippen LogP contribution in [0.1, 0.15) is 5.56 Å². The number of alkyl halides is 3. The number of rotatable bonds is 3. The molecule has 150 valence electrons. The second-order valence-corrected chi connectivity index (χ2v) is 6.39. The monoisotopic (exact) mass is 396 g/mol. The van der Waals surface area contributed by atoms with Crippen molar-refractivity contribution >= 4 is 11.9 Å². The molecule has 4 rings (SSSR count). The van der Waals surface area contributed by atoms with E-state index < -0.39 is 11.7 Å². The summed E-state index contributed by atoms with van der Waals surface area (Å²) >= 11 is 0. The molecule has 0 amide bonds. The van der Waals surface area contributed by atoms with Crippen molar-refractivity contribution in [2.75, 3.05) is 62.4 Å². The molecule has 0 bridgehead atoms. The zero-order valence-electron chi connectivity index (χ0n) is 15.0. The van der Waals surface area contributed by atoms with E-state index in [1.807, 2.05) is 9.80 Å². The fourth-order valence-electron chi connectivity index (χ4n) is 2.97. The van der Waals surface area contributed by atoms with Gasteiger partial charge in [-0.1, -0.05) is 0 Å². The summed E-state index contributed by atoms with van der Waals surface area (Å²) in [5.74, 6) is 1.18. The molecular weight excluding hydrogens is 377 g/mol. The lowest BCUT2D eigenvalue weighted by Crippen LogP contribution is -2.40. The van der Waals surface area contributed by atoms with Crippen molar-refractivity contribution in [1.29, 1.82) is 0 Å². The number of pyridine rings is 1. The number of aromatic nitrogens is 4. The molecule has 2 aliphatic rings. The molecule has 2 aromatic rings. The van der Waals surface area contributed by atoms with Crippen LogP contribution in [0, 0.1) is 0 Å². The van der Waals surface area contributed by atoms with Crippen LogP contribution in [0.4, 0.5) is 25.1 Å². The zero-order chi connectivity index (χ0) is 19.6. The highest BCUT2D eigenvalue weighted by Gasteiger charge is 2.31.